The molecule has 3 fully saturated rings. The van der Waals surface area contributed by atoms with Crippen LogP contribution in [0.2, 0.25) is 0 Å². The summed E-state index contributed by atoms with van der Waals surface area (Å²) in [5.74, 6) is 0.570. The summed E-state index contributed by atoms with van der Waals surface area (Å²) in [6.07, 6.45) is 4.27. The van der Waals surface area contributed by atoms with E-state index in [9.17, 15) is 9.13 Å². The number of hydrogen-bond acceptors (Lipinski definition) is 2. The minimum atomic E-state index is -1.94. The lowest BCUT2D eigenvalue weighted by molar-refractivity contribution is 0.426. The maximum atomic E-state index is 12.5. The Morgan fingerprint density at radius 3 is 2.29 bits per heavy atom. The highest BCUT2D eigenvalue weighted by Gasteiger charge is 2.65. The fourth-order valence-electron chi connectivity index (χ4n) is 4.37. The van der Waals surface area contributed by atoms with Crippen LogP contribution in [0.25, 0.3) is 0 Å². The molecule has 0 saturated carbocycles. The highest BCUT2D eigenvalue weighted by atomic mass is 31.2. The van der Waals surface area contributed by atoms with Crippen LogP contribution in [-0.4, -0.2) is 36.5 Å². The van der Waals surface area contributed by atoms with Crippen molar-refractivity contribution < 1.29 is 9.13 Å². The van der Waals surface area contributed by atoms with Crippen LogP contribution in [0.4, 0.5) is 0 Å². The minimum Gasteiger partial charge on any atom is -0.324 e. The number of rotatable bonds is 0. The highest BCUT2D eigenvalue weighted by molar-refractivity contribution is 7.70. The molecule has 3 aliphatic rings. The summed E-state index contributed by atoms with van der Waals surface area (Å²) in [4.78, 5) is 0. The predicted molar refractivity (Wildman–Crippen MR) is 60.6 cm³/mol. The van der Waals surface area contributed by atoms with Crippen LogP contribution in [0.5, 0.6) is 0 Å². The van der Waals surface area contributed by atoms with Gasteiger partial charge in [-0.3, -0.25) is 0 Å². The molecule has 2 unspecified atom stereocenters. The first-order chi connectivity index (χ1) is 6.44. The van der Waals surface area contributed by atoms with Crippen LogP contribution in [-0.2, 0) is 9.13 Å². The van der Waals surface area contributed by atoms with Gasteiger partial charge in [-0.05, 0) is 38.5 Å². The van der Waals surface area contributed by atoms with E-state index in [0.717, 1.165) is 25.4 Å². The van der Waals surface area contributed by atoms with Gasteiger partial charge in [0.1, 0.15) is 0 Å². The van der Waals surface area contributed by atoms with Gasteiger partial charge in [-0.25, -0.2) is 0 Å². The van der Waals surface area contributed by atoms with E-state index in [1.807, 2.05) is 13.3 Å². The number of fused-ring (bicyclic) bond motifs is 5. The van der Waals surface area contributed by atoms with E-state index < -0.39 is 14.3 Å². The second-order valence-electron chi connectivity index (χ2n) is 5.61. The summed E-state index contributed by atoms with van der Waals surface area (Å²) >= 11 is 0. The summed E-state index contributed by atoms with van der Waals surface area (Å²) in [6, 6.07) is 0. The van der Waals surface area contributed by atoms with Crippen LogP contribution in [0.1, 0.15) is 19.3 Å². The van der Waals surface area contributed by atoms with Crippen molar-refractivity contribution in [1.29, 1.82) is 0 Å². The molecule has 0 amide bonds. The maximum Gasteiger partial charge on any atom is 0.0917 e. The van der Waals surface area contributed by atoms with Crippen molar-refractivity contribution >= 4 is 14.3 Å². The van der Waals surface area contributed by atoms with E-state index in [0.29, 0.717) is 22.9 Å². The first-order valence-electron chi connectivity index (χ1n) is 5.58. The predicted octanol–water partition coefficient (Wildman–Crippen LogP) is 2.91. The topological polar surface area (TPSA) is 34.1 Å². The smallest absolute Gasteiger partial charge is 0.0917 e. The van der Waals surface area contributed by atoms with Crippen LogP contribution in [0.3, 0.4) is 0 Å². The summed E-state index contributed by atoms with van der Waals surface area (Å²) < 4.78 is 24.9. The quantitative estimate of drug-likeness (QED) is 0.602. The first-order valence-corrected chi connectivity index (χ1v) is 10.3. The molecule has 6 atom stereocenters. The largest absolute Gasteiger partial charge is 0.324 e. The van der Waals surface area contributed by atoms with E-state index in [4.69, 9.17) is 0 Å². The van der Waals surface area contributed by atoms with Crippen LogP contribution >= 0.6 is 14.3 Å². The Morgan fingerprint density at radius 1 is 1.00 bits per heavy atom. The van der Waals surface area contributed by atoms with Crippen LogP contribution < -0.4 is 0 Å². The average molecular weight is 232 g/mol. The van der Waals surface area contributed by atoms with Gasteiger partial charge in [0, 0.05) is 23.1 Å². The van der Waals surface area contributed by atoms with E-state index in [1.54, 1.807) is 0 Å². The molecular weight excluding hydrogens is 214 g/mol. The fraction of sp³-hybridized carbons (Fsp3) is 1.00. The Labute approximate surface area is 85.6 Å². The lowest BCUT2D eigenvalue weighted by Gasteiger charge is -2.25. The summed E-state index contributed by atoms with van der Waals surface area (Å²) in [7, 11) is -3.89. The molecule has 0 N–H and O–H groups in total. The zero-order valence-corrected chi connectivity index (χ0v) is 10.6. The van der Waals surface area contributed by atoms with Crippen molar-refractivity contribution in [3.05, 3.63) is 0 Å². The zero-order chi connectivity index (χ0) is 10.1. The van der Waals surface area contributed by atoms with E-state index in [2.05, 4.69) is 0 Å². The van der Waals surface area contributed by atoms with Crippen LogP contribution in [0.15, 0.2) is 0 Å². The SMILES string of the molecule is CP1(=O)CC[C@@H]2[C@H]1[C@@H]1CC[C@H]2P1(C)=O. The second kappa shape index (κ2) is 2.58. The van der Waals surface area contributed by atoms with Crippen molar-refractivity contribution in [3.63, 3.8) is 0 Å². The van der Waals surface area contributed by atoms with Crippen molar-refractivity contribution in [2.45, 2.75) is 36.2 Å². The summed E-state index contributed by atoms with van der Waals surface area (Å²) in [5, 5.41) is 0. The molecule has 14 heavy (non-hydrogen) atoms. The molecule has 0 aromatic rings. The Morgan fingerprint density at radius 2 is 1.64 bits per heavy atom. The molecule has 0 aromatic heterocycles. The van der Waals surface area contributed by atoms with Gasteiger partial charge >= 0.3 is 0 Å². The van der Waals surface area contributed by atoms with E-state index in [-0.39, 0.29) is 0 Å². The first kappa shape index (κ1) is 9.67. The van der Waals surface area contributed by atoms with Gasteiger partial charge in [0.25, 0.3) is 0 Å². The van der Waals surface area contributed by atoms with Gasteiger partial charge < -0.3 is 9.13 Å². The van der Waals surface area contributed by atoms with Crippen LogP contribution in [0, 0.1) is 5.92 Å². The molecule has 0 spiro atoms. The molecule has 2 nitrogen and oxygen atoms in total. The zero-order valence-electron chi connectivity index (χ0n) is 8.85. The molecule has 3 heterocycles. The molecule has 0 aliphatic carbocycles. The lowest BCUT2D eigenvalue weighted by atomic mass is 9.87. The minimum absolute atomic E-state index is 0.343. The van der Waals surface area contributed by atoms with Crippen molar-refractivity contribution in [1.82, 2.24) is 0 Å². The molecule has 4 heteroatoms. The molecule has 0 aromatic carbocycles. The van der Waals surface area contributed by atoms with E-state index in [1.165, 1.54) is 0 Å². The van der Waals surface area contributed by atoms with Gasteiger partial charge in [0.2, 0.25) is 0 Å². The maximum absolute atomic E-state index is 12.5. The second-order valence-corrected chi connectivity index (χ2v) is 12.4. The average Bonchev–Trinajstić information content (AvgIpc) is 2.61. The molecular formula is C10H18O2P2. The Hall–Kier alpha value is 0.460. The van der Waals surface area contributed by atoms with Crippen molar-refractivity contribution in [3.8, 4) is 0 Å². The Kier molecular flexibility index (Phi) is 1.78. The van der Waals surface area contributed by atoms with Crippen molar-refractivity contribution in [2.24, 2.45) is 5.92 Å². The van der Waals surface area contributed by atoms with Gasteiger partial charge in [-0.15, -0.1) is 0 Å². The third-order valence-electron chi connectivity index (χ3n) is 4.94. The van der Waals surface area contributed by atoms with Gasteiger partial charge in [-0.2, -0.15) is 0 Å². The van der Waals surface area contributed by atoms with Gasteiger partial charge in [-0.1, -0.05) is 0 Å². The molecule has 80 valence electrons. The number of hydrogen-bond donors (Lipinski definition) is 0. The van der Waals surface area contributed by atoms with Crippen molar-refractivity contribution in [2.75, 3.05) is 19.5 Å². The third-order valence-corrected chi connectivity index (χ3v) is 12.2. The Bertz CT molecular complexity index is 376. The highest BCUT2D eigenvalue weighted by Crippen LogP contribution is 2.79. The summed E-state index contributed by atoms with van der Waals surface area (Å²) in [6.45, 7) is 3.94. The Balaban J connectivity index is 2.10. The standard InChI is InChI=1S/C10H18O2P2/c1-13(11)6-5-7-8-3-4-9(10(7)13)14(8,2)12/h7-10H,3-6H2,1-2H3/t7-,8+,9-,10-,13?,14?/m0/s1. The monoisotopic (exact) mass is 232 g/mol. The lowest BCUT2D eigenvalue weighted by Crippen LogP contribution is -2.26. The molecule has 3 saturated heterocycles. The molecule has 3 aliphatic heterocycles. The normalized spacial score (nSPS) is 65.9. The molecule has 2 bridgehead atoms. The summed E-state index contributed by atoms with van der Waals surface area (Å²) in [5.41, 5.74) is 1.15. The van der Waals surface area contributed by atoms with Gasteiger partial charge in [0.15, 0.2) is 0 Å². The van der Waals surface area contributed by atoms with E-state index >= 15 is 0 Å². The van der Waals surface area contributed by atoms with Gasteiger partial charge in [0.05, 0.1) is 14.3 Å². The molecule has 0 radical (unpaired) electrons. The fourth-order valence-corrected chi connectivity index (χ4v) is 13.0. The molecule has 3 rings (SSSR count). The third kappa shape index (κ3) is 0.952.